The summed E-state index contributed by atoms with van der Waals surface area (Å²) < 4.78 is 0. The van der Waals surface area contributed by atoms with E-state index >= 15 is 0 Å². The quantitative estimate of drug-likeness (QED) is 0.784. The van der Waals surface area contributed by atoms with Crippen molar-refractivity contribution in [2.75, 3.05) is 0 Å². The zero-order valence-electron chi connectivity index (χ0n) is 14.7. The van der Waals surface area contributed by atoms with Crippen molar-refractivity contribution in [3.63, 3.8) is 0 Å². The monoisotopic (exact) mass is 318 g/mol. The lowest BCUT2D eigenvalue weighted by molar-refractivity contribution is -0.166. The van der Waals surface area contributed by atoms with Crippen LogP contribution in [-0.4, -0.2) is 16.9 Å². The first-order chi connectivity index (χ1) is 10.7. The van der Waals surface area contributed by atoms with Gasteiger partial charge in [0, 0.05) is 11.3 Å². The molecule has 0 aromatic heterocycles. The average Bonchev–Trinajstić information content (AvgIpc) is 2.65. The first-order valence-corrected chi connectivity index (χ1v) is 9.52. The van der Waals surface area contributed by atoms with Crippen LogP contribution in [0.15, 0.2) is 0 Å². The fraction of sp³-hybridized carbons (Fsp3) is 0.900. The van der Waals surface area contributed by atoms with Gasteiger partial charge in [0.2, 0.25) is 0 Å². The van der Waals surface area contributed by atoms with Crippen LogP contribution in [0.2, 0.25) is 0 Å². The minimum absolute atomic E-state index is 0.0898. The van der Waals surface area contributed by atoms with Crippen LogP contribution in [0, 0.1) is 39.9 Å². The van der Waals surface area contributed by atoms with Gasteiger partial charge in [-0.25, -0.2) is 0 Å². The zero-order chi connectivity index (χ0) is 16.6. The van der Waals surface area contributed by atoms with Gasteiger partial charge in [0.15, 0.2) is 0 Å². The Hall–Kier alpha value is -0.860. The van der Waals surface area contributed by atoms with E-state index in [0.29, 0.717) is 23.5 Å². The Kier molecular flexibility index (Phi) is 3.14. The number of carbonyl (C=O) groups excluding carboxylic acids is 1. The molecule has 7 atom stereocenters. The van der Waals surface area contributed by atoms with Crippen molar-refractivity contribution in [2.45, 2.75) is 72.1 Å². The Balaban J connectivity index is 1.72. The van der Waals surface area contributed by atoms with Crippen LogP contribution in [0.3, 0.4) is 0 Å². The second-order valence-electron chi connectivity index (χ2n) is 9.63. The second-order valence-corrected chi connectivity index (χ2v) is 9.63. The summed E-state index contributed by atoms with van der Waals surface area (Å²) in [7, 11) is 0. The van der Waals surface area contributed by atoms with E-state index in [1.54, 1.807) is 0 Å². The molecule has 3 nitrogen and oxygen atoms in total. The van der Waals surface area contributed by atoms with Gasteiger partial charge in [-0.15, -0.1) is 0 Å². The molecule has 4 saturated carbocycles. The van der Waals surface area contributed by atoms with Crippen LogP contribution in [0.5, 0.6) is 0 Å². The van der Waals surface area contributed by atoms with Gasteiger partial charge >= 0.3 is 5.97 Å². The van der Waals surface area contributed by atoms with Crippen molar-refractivity contribution in [2.24, 2.45) is 39.9 Å². The molecule has 0 aliphatic heterocycles. The van der Waals surface area contributed by atoms with Crippen LogP contribution in [-0.2, 0) is 9.59 Å². The largest absolute Gasteiger partial charge is 0.481 e. The first kappa shape index (κ1) is 15.7. The summed E-state index contributed by atoms with van der Waals surface area (Å²) in [5.74, 6) is 1.50. The van der Waals surface area contributed by atoms with Crippen molar-refractivity contribution in [1.82, 2.24) is 0 Å². The van der Waals surface area contributed by atoms with Gasteiger partial charge in [0.25, 0.3) is 0 Å². The van der Waals surface area contributed by atoms with E-state index in [4.69, 9.17) is 0 Å². The Morgan fingerprint density at radius 1 is 1.09 bits per heavy atom. The molecule has 23 heavy (non-hydrogen) atoms. The number of hydrogen-bond donors (Lipinski definition) is 1. The Morgan fingerprint density at radius 2 is 1.78 bits per heavy atom. The van der Waals surface area contributed by atoms with Gasteiger partial charge in [-0.3, -0.25) is 9.59 Å². The smallest absolute Gasteiger partial charge is 0.309 e. The van der Waals surface area contributed by atoms with E-state index < -0.39 is 11.4 Å². The molecule has 7 unspecified atom stereocenters. The predicted octanol–water partition coefficient (Wildman–Crippen LogP) is 4.30. The van der Waals surface area contributed by atoms with Crippen molar-refractivity contribution in [3.8, 4) is 0 Å². The molecule has 0 radical (unpaired) electrons. The van der Waals surface area contributed by atoms with Crippen molar-refractivity contribution >= 4 is 11.8 Å². The molecule has 3 heteroatoms. The molecular formula is C20H30O3. The van der Waals surface area contributed by atoms with Crippen LogP contribution in [0.4, 0.5) is 0 Å². The van der Waals surface area contributed by atoms with Crippen LogP contribution < -0.4 is 0 Å². The summed E-state index contributed by atoms with van der Waals surface area (Å²) in [4.78, 5) is 24.8. The summed E-state index contributed by atoms with van der Waals surface area (Å²) >= 11 is 0. The summed E-state index contributed by atoms with van der Waals surface area (Å²) in [5, 5.41) is 9.84. The molecule has 0 aromatic rings. The number of carboxylic acid groups (broad SMARTS) is 1. The number of Topliss-reactive ketones (excluding diaryl/α,β-unsaturated/α-hetero) is 1. The minimum Gasteiger partial charge on any atom is -0.481 e. The highest BCUT2D eigenvalue weighted by atomic mass is 16.4. The number of carbonyl (C=O) groups is 2. The van der Waals surface area contributed by atoms with Crippen molar-refractivity contribution < 1.29 is 14.7 Å². The van der Waals surface area contributed by atoms with E-state index in [1.165, 1.54) is 6.42 Å². The Bertz CT molecular complexity index is 569. The van der Waals surface area contributed by atoms with E-state index in [-0.39, 0.29) is 16.7 Å². The lowest BCUT2D eigenvalue weighted by Crippen LogP contribution is -2.54. The maximum Gasteiger partial charge on any atom is 0.309 e. The van der Waals surface area contributed by atoms with Gasteiger partial charge in [0.1, 0.15) is 5.78 Å². The van der Waals surface area contributed by atoms with Crippen molar-refractivity contribution in [3.05, 3.63) is 0 Å². The minimum atomic E-state index is -0.598. The SMILES string of the molecule is CC1C(=O)C2(C)CCC3C4CCCC(C)(C(=O)O)C4CCC13C2. The molecule has 1 spiro atoms. The van der Waals surface area contributed by atoms with Gasteiger partial charge in [-0.05, 0) is 75.0 Å². The van der Waals surface area contributed by atoms with Gasteiger partial charge in [0.05, 0.1) is 5.41 Å². The first-order valence-electron chi connectivity index (χ1n) is 9.52. The molecule has 4 rings (SSSR count). The normalized spacial score (nSPS) is 55.2. The van der Waals surface area contributed by atoms with E-state index in [9.17, 15) is 14.7 Å². The Morgan fingerprint density at radius 3 is 2.48 bits per heavy atom. The molecule has 0 amide bonds. The third-order valence-electron chi connectivity index (χ3n) is 8.81. The molecule has 4 fully saturated rings. The van der Waals surface area contributed by atoms with E-state index in [2.05, 4.69) is 13.8 Å². The summed E-state index contributed by atoms with van der Waals surface area (Å²) in [5.41, 5.74) is -0.452. The number of carboxylic acids is 1. The second kappa shape index (κ2) is 4.61. The Labute approximate surface area is 139 Å². The molecule has 4 aliphatic carbocycles. The van der Waals surface area contributed by atoms with E-state index in [1.807, 2.05) is 6.92 Å². The van der Waals surface area contributed by atoms with Crippen LogP contribution >= 0.6 is 0 Å². The molecular weight excluding hydrogens is 288 g/mol. The average molecular weight is 318 g/mol. The lowest BCUT2D eigenvalue weighted by atomic mass is 9.45. The number of aliphatic carboxylic acids is 1. The summed E-state index contributed by atoms with van der Waals surface area (Å²) in [6.07, 6.45) is 8.36. The third kappa shape index (κ3) is 1.77. The van der Waals surface area contributed by atoms with Gasteiger partial charge in [-0.2, -0.15) is 0 Å². The number of ketones is 1. The van der Waals surface area contributed by atoms with Crippen LogP contribution in [0.1, 0.15) is 72.1 Å². The fourth-order valence-corrected chi connectivity index (χ4v) is 7.57. The molecule has 0 aromatic carbocycles. The molecule has 2 bridgehead atoms. The maximum absolute atomic E-state index is 12.9. The summed E-state index contributed by atoms with van der Waals surface area (Å²) in [6, 6.07) is 0. The standard InChI is InChI=1S/C20H30O3/c1-12-16(21)18(2)9-6-15-13-5-4-8-19(3,17(22)23)14(13)7-10-20(12,15)11-18/h12-15H,4-11H2,1-3H3,(H,22,23). The number of fused-ring (bicyclic) bond motifs is 3. The van der Waals surface area contributed by atoms with Crippen molar-refractivity contribution in [1.29, 1.82) is 0 Å². The highest BCUT2D eigenvalue weighted by molar-refractivity contribution is 5.90. The number of rotatable bonds is 1. The van der Waals surface area contributed by atoms with Crippen LogP contribution in [0.25, 0.3) is 0 Å². The third-order valence-corrected chi connectivity index (χ3v) is 8.81. The highest BCUT2D eigenvalue weighted by Gasteiger charge is 2.67. The van der Waals surface area contributed by atoms with E-state index in [0.717, 1.165) is 44.9 Å². The molecule has 128 valence electrons. The van der Waals surface area contributed by atoms with Gasteiger partial charge in [-0.1, -0.05) is 20.3 Å². The maximum atomic E-state index is 12.9. The lowest BCUT2D eigenvalue weighted by Gasteiger charge is -2.59. The zero-order valence-corrected chi connectivity index (χ0v) is 14.7. The summed E-state index contributed by atoms with van der Waals surface area (Å²) in [6.45, 7) is 6.34. The predicted molar refractivity (Wildman–Crippen MR) is 87.9 cm³/mol. The molecule has 0 heterocycles. The molecule has 0 saturated heterocycles. The van der Waals surface area contributed by atoms with Gasteiger partial charge < -0.3 is 5.11 Å². The molecule has 1 N–H and O–H groups in total. The topological polar surface area (TPSA) is 54.4 Å². The number of hydrogen-bond acceptors (Lipinski definition) is 2. The fourth-order valence-electron chi connectivity index (χ4n) is 7.57. The molecule has 4 aliphatic rings. The highest BCUT2D eigenvalue weighted by Crippen LogP contribution is 2.70.